The molecule has 4 heterocycles. The average Bonchev–Trinajstić information content (AvgIpc) is 0.976. The van der Waals surface area contributed by atoms with E-state index in [1.165, 1.54) is 0 Å². The number of carbonyl (C=O) groups excluding carboxylic acids is 11. The monoisotopic (exact) mass is 1370 g/mol. The summed E-state index contributed by atoms with van der Waals surface area (Å²) in [5.41, 5.74) is -0.0875. The number of hydrogen-bond acceptors (Lipinski definition) is 22. The van der Waals surface area contributed by atoms with E-state index in [-0.39, 0.29) is 130 Å². The molecule has 3 fully saturated rings. The Morgan fingerprint density at radius 2 is 1.12 bits per heavy atom. The maximum Gasteiger partial charge on any atom is 0.333 e. The zero-order valence-corrected chi connectivity index (χ0v) is 57.4. The molecule has 0 aromatic carbocycles. The van der Waals surface area contributed by atoms with E-state index in [4.69, 9.17) is 28.5 Å². The number of hydrogen-bond donors (Lipinski definition) is 9. The molecule has 5 aliphatic rings. The number of carbonyl (C=O) groups is 11. The number of imide groups is 1. The van der Waals surface area contributed by atoms with E-state index in [0.29, 0.717) is 192 Å². The number of Topliss-reactive ketones (excluding diaryl/α,β-unsaturated/α-hetero) is 1. The zero-order chi connectivity index (χ0) is 69.4. The lowest BCUT2D eigenvalue weighted by molar-refractivity contribution is -0.197. The van der Waals surface area contributed by atoms with Gasteiger partial charge in [0.05, 0.1) is 77.1 Å². The lowest BCUT2D eigenvalue weighted by Gasteiger charge is -2.30. The minimum atomic E-state index is -0.919. The van der Waals surface area contributed by atoms with E-state index in [0.717, 1.165) is 25.0 Å². The Kier molecular flexibility index (Phi) is 37.5. The third-order valence-electron chi connectivity index (χ3n) is 16.4. The summed E-state index contributed by atoms with van der Waals surface area (Å²) in [5, 5.41) is 42.7. The van der Waals surface area contributed by atoms with Gasteiger partial charge in [0.25, 0.3) is 11.8 Å². The summed E-state index contributed by atoms with van der Waals surface area (Å²) in [5.74, 6) is -2.56. The Morgan fingerprint density at radius 3 is 1.78 bits per heavy atom. The molecule has 10 amide bonds. The van der Waals surface area contributed by atoms with Gasteiger partial charge in [-0.25, -0.2) is 9.59 Å². The van der Waals surface area contributed by atoms with Crippen LogP contribution in [0.25, 0.3) is 0 Å². The van der Waals surface area contributed by atoms with E-state index < -0.39 is 46.7 Å². The number of thioether (sulfide) groups is 1. The fraction of sp³-hybridized carbons (Fsp3) is 0.785. The van der Waals surface area contributed by atoms with Crippen LogP contribution in [0.3, 0.4) is 0 Å². The van der Waals surface area contributed by atoms with Gasteiger partial charge in [-0.1, -0.05) is 26.7 Å². The van der Waals surface area contributed by atoms with Crippen molar-refractivity contribution in [3.8, 4) is 0 Å². The predicted octanol–water partition coefficient (Wildman–Crippen LogP) is 3.92. The first-order chi connectivity index (χ1) is 46.2. The summed E-state index contributed by atoms with van der Waals surface area (Å²) in [4.78, 5) is 146. The van der Waals surface area contributed by atoms with Crippen LogP contribution in [0.2, 0.25) is 0 Å². The number of ketones is 1. The van der Waals surface area contributed by atoms with Crippen molar-refractivity contribution in [1.29, 1.82) is 0 Å². The van der Waals surface area contributed by atoms with Gasteiger partial charge >= 0.3 is 12.0 Å². The Balaban J connectivity index is 0.931. The number of unbranched alkanes of at least 4 members (excludes halogenated alkanes) is 5. The van der Waals surface area contributed by atoms with E-state index in [2.05, 4.69) is 57.8 Å². The molecule has 0 unspecified atom stereocenters. The molecule has 3 saturated heterocycles. The van der Waals surface area contributed by atoms with Crippen LogP contribution in [-0.4, -0.2) is 221 Å². The van der Waals surface area contributed by atoms with E-state index >= 15 is 0 Å². The van der Waals surface area contributed by atoms with Crippen LogP contribution in [0.15, 0.2) is 26.6 Å². The summed E-state index contributed by atoms with van der Waals surface area (Å²) in [6, 6.07) is -0.628. The molecule has 0 radical (unpaired) electrons. The number of hydroxylamine groups is 2. The van der Waals surface area contributed by atoms with Crippen LogP contribution < -0.4 is 42.5 Å². The van der Waals surface area contributed by atoms with Crippen LogP contribution in [-0.2, 0) is 76.5 Å². The first-order valence-electron chi connectivity index (χ1n) is 34.4. The second kappa shape index (κ2) is 45.0. The van der Waals surface area contributed by atoms with E-state index in [9.17, 15) is 57.8 Å². The zero-order valence-electron chi connectivity index (χ0n) is 56.6. The first-order valence-corrected chi connectivity index (χ1v) is 35.5. The molecule has 1 aliphatic carbocycles. The maximum absolute atomic E-state index is 13.5. The van der Waals surface area contributed by atoms with Crippen molar-refractivity contribution in [2.45, 2.75) is 210 Å². The summed E-state index contributed by atoms with van der Waals surface area (Å²) in [6.45, 7) is 11.2. The van der Waals surface area contributed by atoms with Crippen LogP contribution in [0.1, 0.15) is 181 Å². The fourth-order valence-electron chi connectivity index (χ4n) is 11.0. The maximum atomic E-state index is 13.5. The Hall–Kier alpha value is -6.67. The molecular weight excluding hydrogens is 1270 g/mol. The molecule has 30 nitrogen and oxygen atoms in total. The molecule has 540 valence electrons. The molecule has 0 saturated carbocycles. The van der Waals surface area contributed by atoms with Gasteiger partial charge in [-0.15, -0.1) is 5.06 Å². The number of urea groups is 1. The standard InChI is InChI=1S/C65H106N12O18S/c1-64(2)43-49(78)60(50(79)44-64)46(66-31-35-92-39-40-93-36-32-70-55(83)25-26-65(3)75-76-65)15-6-8-18-52(80)67-28-12-10-16-47(72-56(84)22-21-54(82)68-27-11-4-5-20-59(87)95-77-57(85)23-24-58(77)86)62(88)71-30-14-34-91-38-42-94-41-37-90-33-13-29-69-53(81)19-9-7-17-51-61-48(45-96-51)73-63(89)74-61/h47-48,51,61,78H,4-45H2,1-3H3,(H,67,80)(H,68,82)(H,69,81)(H,70,83)(H,71,88)(H,72,84)(H2,73,74,89)/t47-,48-,51-,61-/m0/s1. The van der Waals surface area contributed by atoms with Gasteiger partial charge in [0.15, 0.2) is 11.4 Å². The number of amides is 10. The quantitative estimate of drug-likeness (QED) is 0.0180. The van der Waals surface area contributed by atoms with Gasteiger partial charge in [0.1, 0.15) is 11.8 Å². The van der Waals surface area contributed by atoms with Gasteiger partial charge in [0, 0.05) is 133 Å². The van der Waals surface area contributed by atoms with Gasteiger partial charge in [-0.3, -0.25) is 48.1 Å². The minimum Gasteiger partial charge on any atom is -0.511 e. The topological polar surface area (TPSA) is 400 Å². The molecule has 96 heavy (non-hydrogen) atoms. The molecular formula is C65H106N12O18S. The van der Waals surface area contributed by atoms with Crippen LogP contribution in [0.5, 0.6) is 0 Å². The van der Waals surface area contributed by atoms with E-state index in [1.807, 2.05) is 32.5 Å². The highest BCUT2D eigenvalue weighted by molar-refractivity contribution is 8.00. The van der Waals surface area contributed by atoms with Crippen molar-refractivity contribution >= 4 is 82.5 Å². The number of ether oxygens (including phenoxy) is 5. The molecule has 4 aliphatic heterocycles. The number of fused-ring (bicyclic) bond motifs is 1. The number of allylic oxidation sites excluding steroid dienone is 2. The van der Waals surface area contributed by atoms with Crippen LogP contribution in [0, 0.1) is 5.41 Å². The Morgan fingerprint density at radius 1 is 0.583 bits per heavy atom. The number of nitrogens with one attached hydrogen (secondary N) is 8. The van der Waals surface area contributed by atoms with Crippen molar-refractivity contribution in [3.05, 3.63) is 11.3 Å². The highest BCUT2D eigenvalue weighted by Crippen LogP contribution is 2.37. The lowest BCUT2D eigenvalue weighted by Crippen LogP contribution is -2.47. The number of rotatable bonds is 54. The van der Waals surface area contributed by atoms with Crippen LogP contribution >= 0.6 is 11.8 Å². The number of nitrogens with zero attached hydrogens (tertiary/aromatic N) is 4. The van der Waals surface area contributed by atoms with Gasteiger partial charge in [-0.05, 0) is 89.4 Å². The summed E-state index contributed by atoms with van der Waals surface area (Å²) in [6.07, 6.45) is 9.87. The highest BCUT2D eigenvalue weighted by Gasteiger charge is 2.43. The molecule has 0 aromatic rings. The number of aliphatic hydroxyl groups is 1. The van der Waals surface area contributed by atoms with Crippen molar-refractivity contribution in [2.24, 2.45) is 20.6 Å². The van der Waals surface area contributed by atoms with Crippen LogP contribution in [0.4, 0.5) is 4.79 Å². The fourth-order valence-corrected chi connectivity index (χ4v) is 12.5. The van der Waals surface area contributed by atoms with Crippen molar-refractivity contribution in [3.63, 3.8) is 0 Å². The van der Waals surface area contributed by atoms with Gasteiger partial charge in [-0.2, -0.15) is 22.0 Å². The molecule has 9 N–H and O–H groups in total. The third-order valence-corrected chi connectivity index (χ3v) is 17.9. The Labute approximate surface area is 567 Å². The van der Waals surface area contributed by atoms with Gasteiger partial charge in [0.2, 0.25) is 35.4 Å². The highest BCUT2D eigenvalue weighted by atomic mass is 32.2. The van der Waals surface area contributed by atoms with Crippen molar-refractivity contribution < 1.29 is 86.4 Å². The largest absolute Gasteiger partial charge is 0.511 e. The summed E-state index contributed by atoms with van der Waals surface area (Å²) >= 11 is 1.88. The van der Waals surface area contributed by atoms with E-state index in [1.54, 1.807) is 0 Å². The second-order valence-corrected chi connectivity index (χ2v) is 26.8. The predicted molar refractivity (Wildman–Crippen MR) is 354 cm³/mol. The Bertz CT molecular complexity index is 2620. The molecule has 0 spiro atoms. The summed E-state index contributed by atoms with van der Waals surface area (Å²) in [7, 11) is 0. The molecule has 31 heteroatoms. The second-order valence-electron chi connectivity index (χ2n) is 25.5. The van der Waals surface area contributed by atoms with Gasteiger partial charge < -0.3 is 76.2 Å². The molecule has 0 aromatic heterocycles. The molecule has 0 bridgehead atoms. The SMILES string of the molecule is CC1(C)CC(=O)C(C(CCCCC(=O)NCCCC[C@H](NC(=O)CCC(=O)NCCCCCC(=O)ON2C(=O)CCC2=O)C(=O)NCCCOCCOCCOCCCNC(=O)CCCC[C@@H]2SC[C@@H]3NC(=O)N[C@@H]32)=NCCOCCOCCNC(=O)CCC2(C)N=N2)=C(O)C1. The summed E-state index contributed by atoms with van der Waals surface area (Å²) < 4.78 is 28.2. The molecule has 5 rings (SSSR count). The van der Waals surface area contributed by atoms with Crippen molar-refractivity contribution in [2.75, 3.05) is 111 Å². The molecule has 4 atom stereocenters. The number of aliphatic imine (C=N–C) groups is 1. The third kappa shape index (κ3) is 33.5. The average molecular weight is 1380 g/mol. The normalized spacial score (nSPS) is 18.8. The lowest BCUT2D eigenvalue weighted by atomic mass is 9.75. The minimum absolute atomic E-state index is 0.00497. The first kappa shape index (κ1) is 80.0. The van der Waals surface area contributed by atoms with Crippen molar-refractivity contribution in [1.82, 2.24) is 47.6 Å². The number of aliphatic hydroxyl groups excluding tert-OH is 1. The smallest absolute Gasteiger partial charge is 0.333 e.